The number of amides is 2. The van der Waals surface area contributed by atoms with Crippen LogP contribution in [0.25, 0.3) is 0 Å². The Bertz CT molecular complexity index is 1600. The van der Waals surface area contributed by atoms with Crippen LogP contribution in [0.4, 0.5) is 4.79 Å². The minimum atomic E-state index is -1.52. The summed E-state index contributed by atoms with van der Waals surface area (Å²) >= 11 is 0. The number of ether oxygens (including phenoxy) is 2. The molecule has 0 radical (unpaired) electrons. The zero-order valence-corrected chi connectivity index (χ0v) is 27.4. The van der Waals surface area contributed by atoms with Gasteiger partial charge in [-0.05, 0) is 71.3 Å². The number of aliphatic hydroxyl groups is 3. The van der Waals surface area contributed by atoms with Gasteiger partial charge in [0.2, 0.25) is 6.79 Å². The van der Waals surface area contributed by atoms with E-state index in [2.05, 4.69) is 6.58 Å². The zero-order chi connectivity index (χ0) is 36.2. The molecule has 0 saturated carbocycles. The summed E-state index contributed by atoms with van der Waals surface area (Å²) in [5.41, 5.74) is 3.03. The van der Waals surface area contributed by atoms with E-state index in [1.54, 1.807) is 20.8 Å². The van der Waals surface area contributed by atoms with E-state index in [1.165, 1.54) is 31.1 Å². The molecule has 0 fully saturated rings. The van der Waals surface area contributed by atoms with E-state index in [0.717, 1.165) is 11.0 Å². The van der Waals surface area contributed by atoms with Crippen LogP contribution in [-0.2, 0) is 30.3 Å². The highest BCUT2D eigenvalue weighted by molar-refractivity contribution is 6.20. The Morgan fingerprint density at radius 1 is 1.08 bits per heavy atom. The van der Waals surface area contributed by atoms with Crippen LogP contribution in [-0.4, -0.2) is 112 Å². The molecule has 0 aromatic heterocycles. The molecule has 3 atom stereocenters. The van der Waals surface area contributed by atoms with Crippen molar-refractivity contribution in [1.29, 1.82) is 0 Å². The maximum Gasteiger partial charge on any atom is 0.413 e. The second-order valence-corrected chi connectivity index (χ2v) is 12.8. The minimum Gasteiger partial charge on any atom is -0.511 e. The number of allylic oxidation sites excluding steroid dienone is 2. The maximum absolute atomic E-state index is 13.9. The fourth-order valence-corrected chi connectivity index (χ4v) is 5.74. The molecule has 15 heteroatoms. The topological polar surface area (TPSA) is 234 Å². The second kappa shape index (κ2) is 14.8. The third-order valence-electron chi connectivity index (χ3n) is 8.00. The molecule has 0 saturated heterocycles. The van der Waals surface area contributed by atoms with E-state index in [9.17, 15) is 49.2 Å². The van der Waals surface area contributed by atoms with Crippen molar-refractivity contribution in [3.63, 3.8) is 0 Å². The summed E-state index contributed by atoms with van der Waals surface area (Å²) in [4.78, 5) is 79.9. The summed E-state index contributed by atoms with van der Waals surface area (Å²) in [5.74, 6) is -7.73. The van der Waals surface area contributed by atoms with Gasteiger partial charge < -0.3 is 35.6 Å². The molecule has 0 bridgehead atoms. The summed E-state index contributed by atoms with van der Waals surface area (Å²) in [5, 5.41) is 44.0. The third-order valence-corrected chi connectivity index (χ3v) is 8.00. The van der Waals surface area contributed by atoms with Gasteiger partial charge in [-0.25, -0.2) is 4.79 Å². The first-order valence-corrected chi connectivity index (χ1v) is 15.0. The number of aromatic hydroxyl groups is 1. The molecule has 1 aromatic rings. The Hall–Kier alpha value is -5.02. The number of nitrogens with two attached hydrogens (primary N) is 1. The molecule has 15 nitrogen and oxygen atoms in total. The molecular weight excluding hydrogens is 630 g/mol. The molecule has 260 valence electrons. The van der Waals surface area contributed by atoms with Gasteiger partial charge in [0, 0.05) is 17.7 Å². The average Bonchev–Trinajstić information content (AvgIpc) is 2.95. The lowest BCUT2D eigenvalue weighted by molar-refractivity contribution is -0.161. The fourth-order valence-electron chi connectivity index (χ4n) is 5.74. The summed E-state index contributed by atoms with van der Waals surface area (Å²) in [6.07, 6.45) is -2.57. The number of rotatable bonds is 9. The smallest absolute Gasteiger partial charge is 0.413 e. The van der Waals surface area contributed by atoms with Crippen molar-refractivity contribution in [3.8, 4) is 5.75 Å². The predicted molar refractivity (Wildman–Crippen MR) is 169 cm³/mol. The number of Topliss-reactive ketones (excluding diaryl/α,β-unsaturated/α-hetero) is 3. The van der Waals surface area contributed by atoms with E-state index < -0.39 is 101 Å². The van der Waals surface area contributed by atoms with Gasteiger partial charge in [-0.2, -0.15) is 0 Å². The van der Waals surface area contributed by atoms with Gasteiger partial charge in [0.1, 0.15) is 22.8 Å². The summed E-state index contributed by atoms with van der Waals surface area (Å²) in [7, 11) is 2.94. The number of likely N-dealkylation sites (N-methyl/N-ethyl adjacent to an activating group) is 1. The van der Waals surface area contributed by atoms with Gasteiger partial charge in [-0.3, -0.25) is 33.8 Å². The Kier molecular flexibility index (Phi) is 11.6. The van der Waals surface area contributed by atoms with Gasteiger partial charge in [-0.1, -0.05) is 6.08 Å². The number of esters is 1. The molecule has 3 rings (SSSR count). The molecule has 0 aliphatic heterocycles. The van der Waals surface area contributed by atoms with Gasteiger partial charge in [0.15, 0.2) is 17.3 Å². The number of carbonyl (C=O) groups is 6. The van der Waals surface area contributed by atoms with Crippen LogP contribution in [0.2, 0.25) is 0 Å². The van der Waals surface area contributed by atoms with E-state index in [0.29, 0.717) is 0 Å². The normalized spacial score (nSPS) is 23.1. The Labute approximate surface area is 276 Å². The molecule has 1 aromatic carbocycles. The van der Waals surface area contributed by atoms with Crippen molar-refractivity contribution in [2.24, 2.45) is 17.1 Å². The number of benzene rings is 1. The largest absolute Gasteiger partial charge is 0.511 e. The monoisotopic (exact) mass is 671 g/mol. The first-order chi connectivity index (χ1) is 22.3. The molecule has 48 heavy (non-hydrogen) atoms. The van der Waals surface area contributed by atoms with Crippen molar-refractivity contribution < 1.29 is 58.7 Å². The quantitative estimate of drug-likeness (QED) is 0.0830. The van der Waals surface area contributed by atoms with Gasteiger partial charge in [0.05, 0.1) is 36.1 Å². The first kappa shape index (κ1) is 37.4. The molecule has 6 N–H and O–H groups in total. The first-order valence-electron chi connectivity index (χ1n) is 15.0. The number of nitrogens with zero attached hydrogens (tertiary/aromatic N) is 2. The Morgan fingerprint density at radius 2 is 1.73 bits per heavy atom. The standard InChI is InChI=1S/C33H41N3O12/c1-7-10-36(32(46)48-15-47-31(45)33(2,3)4)14-23(41)17-8-9-19(37)25-18(17)11-16-12-22(40)27(35(5)6)29(43)26(30(34)44)21(39)13-20(38)24(16)28(25)42/h7-9,16,22,27,37-38,40,43H,1,10-15H2,2-6H3,(H2,34,44)/b24-20-,29-26-/t16-,22-,27-/m0/s1. The molecule has 0 spiro atoms. The zero-order valence-electron chi connectivity index (χ0n) is 27.4. The van der Waals surface area contributed by atoms with Gasteiger partial charge >= 0.3 is 12.1 Å². The highest BCUT2D eigenvalue weighted by Gasteiger charge is 2.42. The van der Waals surface area contributed by atoms with Crippen molar-refractivity contribution in [1.82, 2.24) is 9.80 Å². The van der Waals surface area contributed by atoms with E-state index >= 15 is 0 Å². The Balaban J connectivity index is 2.02. The number of phenolic OH excluding ortho intramolecular Hbond substituents is 1. The van der Waals surface area contributed by atoms with Crippen molar-refractivity contribution in [3.05, 3.63) is 64.1 Å². The molecule has 0 heterocycles. The number of ketones is 3. The van der Waals surface area contributed by atoms with E-state index in [1.807, 2.05) is 0 Å². The van der Waals surface area contributed by atoms with Crippen molar-refractivity contribution >= 4 is 35.3 Å². The number of phenols is 1. The molecule has 2 aliphatic carbocycles. The fraction of sp³-hybridized carbons (Fsp3) is 0.455. The summed E-state index contributed by atoms with van der Waals surface area (Å²) in [6.45, 7) is 7.01. The second-order valence-electron chi connectivity index (χ2n) is 12.8. The highest BCUT2D eigenvalue weighted by atomic mass is 16.7. The minimum absolute atomic E-state index is 0.0544. The number of carbonyl (C=O) groups excluding carboxylic acids is 6. The summed E-state index contributed by atoms with van der Waals surface area (Å²) in [6, 6.07) is 1.04. The SMILES string of the molecule is C=CCN(CC(=O)c1ccc(O)c2c1C[C@H]1C[C@H](O)[C@H](N(C)C)/C(O)=C(/C(N)=O)C(=O)C/C(O)=C\1C2=O)C(=O)OCOC(=O)C(C)(C)C. The number of hydrogen-bond donors (Lipinski definition) is 5. The number of hydrogen-bond acceptors (Lipinski definition) is 13. The third kappa shape index (κ3) is 7.91. The molecule has 2 aliphatic rings. The maximum atomic E-state index is 13.9. The molecule has 2 amide bonds. The lowest BCUT2D eigenvalue weighted by atomic mass is 9.72. The van der Waals surface area contributed by atoms with E-state index in [-0.39, 0.29) is 41.6 Å². The van der Waals surface area contributed by atoms with Crippen LogP contribution in [0.1, 0.15) is 59.9 Å². The van der Waals surface area contributed by atoms with Crippen LogP contribution >= 0.6 is 0 Å². The average molecular weight is 672 g/mol. The number of primary amides is 1. The summed E-state index contributed by atoms with van der Waals surface area (Å²) < 4.78 is 9.98. The van der Waals surface area contributed by atoms with Crippen molar-refractivity contribution in [2.75, 3.05) is 34.0 Å². The van der Waals surface area contributed by atoms with Crippen LogP contribution in [0.3, 0.4) is 0 Å². The van der Waals surface area contributed by atoms with Gasteiger partial charge in [-0.15, -0.1) is 6.58 Å². The van der Waals surface area contributed by atoms with Crippen LogP contribution in [0.15, 0.2) is 47.5 Å². The van der Waals surface area contributed by atoms with Crippen LogP contribution in [0.5, 0.6) is 5.75 Å². The Morgan fingerprint density at radius 3 is 2.29 bits per heavy atom. The highest BCUT2D eigenvalue weighted by Crippen LogP contribution is 2.41. The van der Waals surface area contributed by atoms with Crippen LogP contribution in [0, 0.1) is 11.3 Å². The predicted octanol–water partition coefficient (Wildman–Crippen LogP) is 1.86. The van der Waals surface area contributed by atoms with Gasteiger partial charge in [0.25, 0.3) is 5.91 Å². The van der Waals surface area contributed by atoms with E-state index in [4.69, 9.17) is 15.2 Å². The lowest BCUT2D eigenvalue weighted by Crippen LogP contribution is -2.45. The van der Waals surface area contributed by atoms with Crippen molar-refractivity contribution in [2.45, 2.75) is 52.2 Å². The molecular formula is C33H41N3O12. The number of aliphatic hydroxyl groups excluding tert-OH is 3. The number of fused-ring (bicyclic) bond motifs is 2. The lowest BCUT2D eigenvalue weighted by Gasteiger charge is -2.35. The van der Waals surface area contributed by atoms with Crippen LogP contribution < -0.4 is 5.73 Å². The molecule has 0 unspecified atom stereocenters.